The van der Waals surface area contributed by atoms with Crippen LogP contribution >= 0.6 is 0 Å². The Hall–Kier alpha value is -0.860. The molecule has 3 aliphatic rings. The Labute approximate surface area is 109 Å². The maximum absolute atomic E-state index is 12.3. The largest absolute Gasteiger partial charge is 0.339 e. The zero-order valence-corrected chi connectivity index (χ0v) is 11.1. The molecular weight excluding hydrogens is 226 g/mol. The average molecular weight is 249 g/mol. The molecule has 2 unspecified atom stereocenters. The minimum atomic E-state index is 0.154. The van der Waals surface area contributed by atoms with Gasteiger partial charge in [-0.3, -0.25) is 9.59 Å². The van der Waals surface area contributed by atoms with Gasteiger partial charge in [-0.25, -0.2) is 0 Å². The van der Waals surface area contributed by atoms with Gasteiger partial charge in [0.1, 0.15) is 5.78 Å². The van der Waals surface area contributed by atoms with Crippen molar-refractivity contribution < 1.29 is 9.59 Å². The second kappa shape index (κ2) is 5.02. The quantitative estimate of drug-likeness (QED) is 0.754. The number of amides is 1. The van der Waals surface area contributed by atoms with Crippen LogP contribution in [0.2, 0.25) is 0 Å². The van der Waals surface area contributed by atoms with Crippen LogP contribution in [0.4, 0.5) is 0 Å². The molecule has 1 aliphatic heterocycles. The summed E-state index contributed by atoms with van der Waals surface area (Å²) in [4.78, 5) is 26.5. The summed E-state index contributed by atoms with van der Waals surface area (Å²) in [5.74, 6) is 1.21. The van der Waals surface area contributed by atoms with Crippen molar-refractivity contribution in [2.45, 2.75) is 63.8 Å². The zero-order valence-electron chi connectivity index (χ0n) is 11.1. The maximum Gasteiger partial charge on any atom is 0.225 e. The molecule has 2 atom stereocenters. The highest BCUT2D eigenvalue weighted by Crippen LogP contribution is 2.37. The molecule has 0 bridgehead atoms. The van der Waals surface area contributed by atoms with Crippen LogP contribution in [0.15, 0.2) is 0 Å². The van der Waals surface area contributed by atoms with Crippen molar-refractivity contribution in [2.75, 3.05) is 6.54 Å². The van der Waals surface area contributed by atoms with E-state index in [4.69, 9.17) is 0 Å². The molecule has 1 heterocycles. The Balaban J connectivity index is 1.73. The number of carbonyl (C=O) groups excluding carboxylic acids is 2. The van der Waals surface area contributed by atoms with Gasteiger partial charge in [0.15, 0.2) is 0 Å². The summed E-state index contributed by atoms with van der Waals surface area (Å²) in [6.07, 6.45) is 9.47. The second-order valence-corrected chi connectivity index (χ2v) is 6.19. The monoisotopic (exact) mass is 249 g/mol. The minimum Gasteiger partial charge on any atom is -0.339 e. The number of rotatable bonds is 2. The van der Waals surface area contributed by atoms with Gasteiger partial charge in [-0.2, -0.15) is 0 Å². The molecule has 0 aromatic heterocycles. The Morgan fingerprint density at radius 3 is 2.50 bits per heavy atom. The number of nitrogens with zero attached hydrogens (tertiary/aromatic N) is 1. The summed E-state index contributed by atoms with van der Waals surface area (Å²) in [6.45, 7) is 0.893. The fourth-order valence-electron chi connectivity index (χ4n) is 3.63. The van der Waals surface area contributed by atoms with Crippen molar-refractivity contribution in [1.82, 2.24) is 4.90 Å². The Kier molecular flexibility index (Phi) is 3.40. The lowest BCUT2D eigenvalue weighted by Crippen LogP contribution is -2.50. The molecule has 0 aromatic carbocycles. The highest BCUT2D eigenvalue weighted by Gasteiger charge is 2.41. The molecule has 0 spiro atoms. The van der Waals surface area contributed by atoms with E-state index < -0.39 is 0 Å². The lowest BCUT2D eigenvalue weighted by molar-refractivity contribution is -0.140. The van der Waals surface area contributed by atoms with E-state index in [1.165, 1.54) is 12.8 Å². The molecule has 0 aromatic rings. The summed E-state index contributed by atoms with van der Waals surface area (Å²) >= 11 is 0. The Bertz CT molecular complexity index is 348. The molecule has 1 saturated heterocycles. The van der Waals surface area contributed by atoms with Gasteiger partial charge < -0.3 is 4.90 Å². The second-order valence-electron chi connectivity index (χ2n) is 6.19. The lowest BCUT2D eigenvalue weighted by atomic mass is 9.79. The first-order valence-corrected chi connectivity index (χ1v) is 7.60. The topological polar surface area (TPSA) is 37.4 Å². The van der Waals surface area contributed by atoms with Crippen LogP contribution in [-0.2, 0) is 9.59 Å². The molecule has 3 heteroatoms. The first-order chi connectivity index (χ1) is 8.77. The fourth-order valence-corrected chi connectivity index (χ4v) is 3.63. The first kappa shape index (κ1) is 12.2. The van der Waals surface area contributed by atoms with E-state index in [1.807, 2.05) is 0 Å². The van der Waals surface area contributed by atoms with Gasteiger partial charge in [0.25, 0.3) is 0 Å². The summed E-state index contributed by atoms with van der Waals surface area (Å²) in [5.41, 5.74) is 0. The van der Waals surface area contributed by atoms with Gasteiger partial charge >= 0.3 is 0 Å². The molecule has 1 amide bonds. The molecule has 2 saturated carbocycles. The number of likely N-dealkylation sites (tertiary alicyclic amines) is 1. The van der Waals surface area contributed by atoms with Crippen molar-refractivity contribution in [3.8, 4) is 0 Å². The summed E-state index contributed by atoms with van der Waals surface area (Å²) in [5, 5.41) is 0. The van der Waals surface area contributed by atoms with E-state index in [9.17, 15) is 9.59 Å². The highest BCUT2D eigenvalue weighted by atomic mass is 16.2. The van der Waals surface area contributed by atoms with Crippen LogP contribution in [0.1, 0.15) is 57.8 Å². The van der Waals surface area contributed by atoms with Gasteiger partial charge in [0.2, 0.25) is 5.91 Å². The summed E-state index contributed by atoms with van der Waals surface area (Å²) in [7, 11) is 0. The lowest BCUT2D eigenvalue weighted by Gasteiger charge is -2.41. The first-order valence-electron chi connectivity index (χ1n) is 7.60. The van der Waals surface area contributed by atoms with Crippen molar-refractivity contribution >= 4 is 11.7 Å². The predicted molar refractivity (Wildman–Crippen MR) is 69.0 cm³/mol. The van der Waals surface area contributed by atoms with Gasteiger partial charge in [0.05, 0.1) is 0 Å². The third-order valence-electron chi connectivity index (χ3n) is 4.83. The van der Waals surface area contributed by atoms with Crippen molar-refractivity contribution in [2.24, 2.45) is 11.8 Å². The van der Waals surface area contributed by atoms with Crippen LogP contribution in [0.3, 0.4) is 0 Å². The average Bonchev–Trinajstić information content (AvgIpc) is 3.23. The minimum absolute atomic E-state index is 0.154. The number of hydrogen-bond acceptors (Lipinski definition) is 2. The molecule has 3 nitrogen and oxygen atoms in total. The van der Waals surface area contributed by atoms with E-state index in [1.54, 1.807) is 0 Å². The van der Waals surface area contributed by atoms with Crippen LogP contribution < -0.4 is 0 Å². The third kappa shape index (κ3) is 2.32. The van der Waals surface area contributed by atoms with E-state index in [2.05, 4.69) is 4.90 Å². The molecule has 3 fully saturated rings. The molecule has 100 valence electrons. The van der Waals surface area contributed by atoms with E-state index in [0.717, 1.165) is 51.5 Å². The van der Waals surface area contributed by atoms with E-state index in [-0.39, 0.29) is 12.0 Å². The normalized spacial score (nSPS) is 33.6. The molecule has 0 radical (unpaired) electrons. The molecule has 18 heavy (non-hydrogen) atoms. The predicted octanol–water partition coefficient (Wildman–Crippen LogP) is 2.54. The summed E-state index contributed by atoms with van der Waals surface area (Å²) in [6, 6.07) is 0.236. The SMILES string of the molecule is O=C1CCCCC1C1CCCCN1C(=O)C1CC1. The maximum atomic E-state index is 12.3. The standard InChI is InChI=1S/C15H23NO2/c17-14-7-2-1-5-12(14)13-6-3-4-10-16(13)15(18)11-8-9-11/h11-13H,1-10H2. The molecule has 0 N–H and O–H groups in total. The van der Waals surface area contributed by atoms with Crippen LogP contribution in [-0.4, -0.2) is 29.2 Å². The van der Waals surface area contributed by atoms with Gasteiger partial charge in [0, 0.05) is 30.8 Å². The number of hydrogen-bond donors (Lipinski definition) is 0. The smallest absolute Gasteiger partial charge is 0.225 e. The van der Waals surface area contributed by atoms with Crippen LogP contribution in [0, 0.1) is 11.8 Å². The van der Waals surface area contributed by atoms with Crippen LogP contribution in [0.25, 0.3) is 0 Å². The van der Waals surface area contributed by atoms with Gasteiger partial charge in [-0.05, 0) is 44.9 Å². The number of carbonyl (C=O) groups is 2. The van der Waals surface area contributed by atoms with Gasteiger partial charge in [-0.15, -0.1) is 0 Å². The molecule has 2 aliphatic carbocycles. The van der Waals surface area contributed by atoms with E-state index >= 15 is 0 Å². The van der Waals surface area contributed by atoms with Crippen molar-refractivity contribution in [1.29, 1.82) is 0 Å². The van der Waals surface area contributed by atoms with E-state index in [0.29, 0.717) is 17.6 Å². The third-order valence-corrected chi connectivity index (χ3v) is 4.83. The number of ketones is 1. The number of piperidine rings is 1. The summed E-state index contributed by atoms with van der Waals surface area (Å²) < 4.78 is 0. The van der Waals surface area contributed by atoms with Crippen molar-refractivity contribution in [3.63, 3.8) is 0 Å². The van der Waals surface area contributed by atoms with Gasteiger partial charge in [-0.1, -0.05) is 6.42 Å². The Morgan fingerprint density at radius 2 is 1.78 bits per heavy atom. The fraction of sp³-hybridized carbons (Fsp3) is 0.867. The number of Topliss-reactive ketones (excluding diaryl/α,β-unsaturated/α-hetero) is 1. The highest BCUT2D eigenvalue weighted by molar-refractivity contribution is 5.85. The molecule has 3 rings (SSSR count). The van der Waals surface area contributed by atoms with Crippen molar-refractivity contribution in [3.05, 3.63) is 0 Å². The van der Waals surface area contributed by atoms with Crippen LogP contribution in [0.5, 0.6) is 0 Å². The molecular formula is C15H23NO2. The zero-order chi connectivity index (χ0) is 12.5. The Morgan fingerprint density at radius 1 is 1.00 bits per heavy atom.